The highest BCUT2D eigenvalue weighted by Crippen LogP contribution is 2.37. The lowest BCUT2D eigenvalue weighted by molar-refractivity contribution is -0.136. The molecule has 4 heteroatoms. The molecule has 1 aliphatic carbocycles. The van der Waals surface area contributed by atoms with Crippen molar-refractivity contribution in [3.05, 3.63) is 57.9 Å². The summed E-state index contributed by atoms with van der Waals surface area (Å²) < 4.78 is 18.8. The van der Waals surface area contributed by atoms with Crippen LogP contribution in [-0.2, 0) is 9.53 Å². The van der Waals surface area contributed by atoms with Gasteiger partial charge in [0.15, 0.2) is 0 Å². The number of carbonyl (C=O) groups excluding carboxylic acids is 1. The standard InChI is InChI=1S/C15H14ClFO2/c1-9-6-7-10(15(18)19-2)11(8-9)14-12(16)4-3-5-13(14)17/h3-5,7-8,11H,6H2,1-2H3. The molecule has 2 rings (SSSR count). The maximum Gasteiger partial charge on any atom is 0.334 e. The van der Waals surface area contributed by atoms with E-state index in [1.54, 1.807) is 18.2 Å². The highest BCUT2D eigenvalue weighted by Gasteiger charge is 2.28. The van der Waals surface area contributed by atoms with Crippen LogP contribution in [0.4, 0.5) is 4.39 Å². The Balaban J connectivity index is 2.53. The summed E-state index contributed by atoms with van der Waals surface area (Å²) in [5.41, 5.74) is 1.82. The number of allylic oxidation sites excluding steroid dienone is 3. The van der Waals surface area contributed by atoms with Crippen molar-refractivity contribution in [3.63, 3.8) is 0 Å². The molecule has 0 saturated carbocycles. The molecule has 0 spiro atoms. The van der Waals surface area contributed by atoms with Gasteiger partial charge in [0.25, 0.3) is 0 Å². The molecule has 0 N–H and O–H groups in total. The molecule has 1 aliphatic rings. The second-order valence-electron chi connectivity index (χ2n) is 4.48. The van der Waals surface area contributed by atoms with E-state index >= 15 is 0 Å². The number of hydrogen-bond acceptors (Lipinski definition) is 2. The van der Waals surface area contributed by atoms with Gasteiger partial charge in [0.2, 0.25) is 0 Å². The van der Waals surface area contributed by atoms with Gasteiger partial charge in [0.1, 0.15) is 5.82 Å². The van der Waals surface area contributed by atoms with Crippen LogP contribution in [0.15, 0.2) is 41.5 Å². The normalized spacial score (nSPS) is 18.6. The fourth-order valence-corrected chi connectivity index (χ4v) is 2.50. The van der Waals surface area contributed by atoms with E-state index in [2.05, 4.69) is 0 Å². The average molecular weight is 281 g/mol. The molecule has 0 aromatic heterocycles. The number of hydrogen-bond donors (Lipinski definition) is 0. The lowest BCUT2D eigenvalue weighted by atomic mass is 9.84. The summed E-state index contributed by atoms with van der Waals surface area (Å²) in [6, 6.07) is 4.50. The molecular weight excluding hydrogens is 267 g/mol. The average Bonchev–Trinajstić information content (AvgIpc) is 2.38. The van der Waals surface area contributed by atoms with Gasteiger partial charge in [-0.05, 0) is 25.5 Å². The van der Waals surface area contributed by atoms with Crippen molar-refractivity contribution in [3.8, 4) is 0 Å². The van der Waals surface area contributed by atoms with Crippen LogP contribution in [0.25, 0.3) is 0 Å². The Morgan fingerprint density at radius 1 is 1.47 bits per heavy atom. The van der Waals surface area contributed by atoms with Gasteiger partial charge in [-0.15, -0.1) is 0 Å². The Bertz CT molecular complexity index is 555. The minimum absolute atomic E-state index is 0.311. The van der Waals surface area contributed by atoms with Crippen LogP contribution in [0.1, 0.15) is 24.8 Å². The van der Waals surface area contributed by atoms with Crippen molar-refractivity contribution in [1.29, 1.82) is 0 Å². The topological polar surface area (TPSA) is 26.3 Å². The van der Waals surface area contributed by atoms with Gasteiger partial charge in [-0.3, -0.25) is 0 Å². The first-order chi connectivity index (χ1) is 9.04. The lowest BCUT2D eigenvalue weighted by Gasteiger charge is -2.22. The number of halogens is 2. The fourth-order valence-electron chi connectivity index (χ4n) is 2.22. The smallest absolute Gasteiger partial charge is 0.334 e. The number of benzene rings is 1. The monoisotopic (exact) mass is 280 g/mol. The third kappa shape index (κ3) is 2.71. The number of ether oxygens (including phenoxy) is 1. The van der Waals surface area contributed by atoms with Gasteiger partial charge in [-0.2, -0.15) is 0 Å². The molecule has 0 bridgehead atoms. The Hall–Kier alpha value is -1.61. The third-order valence-electron chi connectivity index (χ3n) is 3.16. The molecule has 1 atom stereocenters. The summed E-state index contributed by atoms with van der Waals surface area (Å²) in [7, 11) is 1.31. The zero-order valence-corrected chi connectivity index (χ0v) is 11.5. The van der Waals surface area contributed by atoms with Gasteiger partial charge < -0.3 is 4.74 Å². The lowest BCUT2D eigenvalue weighted by Crippen LogP contribution is -2.16. The van der Waals surface area contributed by atoms with Crippen molar-refractivity contribution in [2.45, 2.75) is 19.3 Å². The van der Waals surface area contributed by atoms with E-state index in [1.807, 2.05) is 13.0 Å². The summed E-state index contributed by atoms with van der Waals surface area (Å²) in [5, 5.41) is 0.311. The van der Waals surface area contributed by atoms with Crippen molar-refractivity contribution < 1.29 is 13.9 Å². The highest BCUT2D eigenvalue weighted by atomic mass is 35.5. The van der Waals surface area contributed by atoms with Crippen LogP contribution < -0.4 is 0 Å². The van der Waals surface area contributed by atoms with Crippen molar-refractivity contribution in [2.75, 3.05) is 7.11 Å². The van der Waals surface area contributed by atoms with E-state index in [9.17, 15) is 9.18 Å². The zero-order valence-electron chi connectivity index (χ0n) is 10.7. The molecule has 1 aromatic rings. The van der Waals surface area contributed by atoms with Gasteiger partial charge in [-0.25, -0.2) is 9.18 Å². The first-order valence-corrected chi connectivity index (χ1v) is 6.32. The molecule has 0 fully saturated rings. The zero-order chi connectivity index (χ0) is 14.0. The molecule has 0 radical (unpaired) electrons. The second kappa shape index (κ2) is 5.57. The van der Waals surface area contributed by atoms with E-state index in [0.717, 1.165) is 5.57 Å². The molecule has 2 nitrogen and oxygen atoms in total. The molecule has 0 heterocycles. The quantitative estimate of drug-likeness (QED) is 0.604. The first-order valence-electron chi connectivity index (χ1n) is 5.94. The number of carbonyl (C=O) groups is 1. The van der Waals surface area contributed by atoms with E-state index in [-0.39, 0.29) is 0 Å². The maximum atomic E-state index is 14.0. The van der Waals surface area contributed by atoms with Crippen LogP contribution in [0.3, 0.4) is 0 Å². The van der Waals surface area contributed by atoms with Crippen LogP contribution in [-0.4, -0.2) is 13.1 Å². The van der Waals surface area contributed by atoms with Crippen LogP contribution >= 0.6 is 11.6 Å². The van der Waals surface area contributed by atoms with Crippen LogP contribution in [0.2, 0.25) is 5.02 Å². The summed E-state index contributed by atoms with van der Waals surface area (Å²) in [6.07, 6.45) is 4.29. The van der Waals surface area contributed by atoms with Gasteiger partial charge >= 0.3 is 5.97 Å². The number of methoxy groups -OCH3 is 1. The highest BCUT2D eigenvalue weighted by molar-refractivity contribution is 6.31. The summed E-state index contributed by atoms with van der Waals surface area (Å²) in [4.78, 5) is 11.8. The largest absolute Gasteiger partial charge is 0.466 e. The SMILES string of the molecule is COC(=O)C1=CCC(C)=CC1c1c(F)cccc1Cl. The van der Waals surface area contributed by atoms with E-state index in [1.165, 1.54) is 13.2 Å². The Kier molecular flexibility index (Phi) is 4.05. The van der Waals surface area contributed by atoms with E-state index in [0.29, 0.717) is 22.6 Å². The van der Waals surface area contributed by atoms with E-state index < -0.39 is 17.7 Å². The molecular formula is C15H14ClFO2. The minimum Gasteiger partial charge on any atom is -0.466 e. The van der Waals surface area contributed by atoms with Gasteiger partial charge in [0, 0.05) is 22.1 Å². The van der Waals surface area contributed by atoms with Crippen molar-refractivity contribution in [1.82, 2.24) is 0 Å². The van der Waals surface area contributed by atoms with Crippen molar-refractivity contribution in [2.24, 2.45) is 0 Å². The summed E-state index contributed by atoms with van der Waals surface area (Å²) >= 11 is 6.08. The molecule has 100 valence electrons. The molecule has 0 saturated heterocycles. The fraction of sp³-hybridized carbons (Fsp3) is 0.267. The molecule has 0 aliphatic heterocycles. The Morgan fingerprint density at radius 3 is 2.84 bits per heavy atom. The minimum atomic E-state index is -0.491. The van der Waals surface area contributed by atoms with Crippen molar-refractivity contribution >= 4 is 17.6 Å². The van der Waals surface area contributed by atoms with Crippen LogP contribution in [0.5, 0.6) is 0 Å². The van der Waals surface area contributed by atoms with Gasteiger partial charge in [0.05, 0.1) is 7.11 Å². The van der Waals surface area contributed by atoms with E-state index in [4.69, 9.17) is 16.3 Å². The molecule has 0 amide bonds. The molecule has 1 unspecified atom stereocenters. The van der Waals surface area contributed by atoms with Crippen LogP contribution in [0, 0.1) is 5.82 Å². The number of esters is 1. The summed E-state index contributed by atoms with van der Waals surface area (Å²) in [5.74, 6) is -1.36. The third-order valence-corrected chi connectivity index (χ3v) is 3.49. The first kappa shape index (κ1) is 13.8. The Morgan fingerprint density at radius 2 is 2.21 bits per heavy atom. The predicted molar refractivity (Wildman–Crippen MR) is 72.6 cm³/mol. The molecule has 19 heavy (non-hydrogen) atoms. The summed E-state index contributed by atoms with van der Waals surface area (Å²) in [6.45, 7) is 1.94. The molecule has 1 aromatic carbocycles. The predicted octanol–water partition coefficient (Wildman–Crippen LogP) is 4.01. The Labute approximate surface area is 116 Å². The van der Waals surface area contributed by atoms with Gasteiger partial charge in [-0.1, -0.05) is 35.4 Å². The number of rotatable bonds is 2. The second-order valence-corrected chi connectivity index (χ2v) is 4.89. The maximum absolute atomic E-state index is 14.0.